The third kappa shape index (κ3) is 5.54. The van der Waals surface area contributed by atoms with Crippen molar-refractivity contribution < 1.29 is 19.3 Å². The van der Waals surface area contributed by atoms with Gasteiger partial charge in [-0.2, -0.15) is 5.10 Å². The summed E-state index contributed by atoms with van der Waals surface area (Å²) in [5.74, 6) is 2.14. The number of hydrogen-bond acceptors (Lipinski definition) is 6. The first-order chi connectivity index (χ1) is 13.1. The maximum atomic E-state index is 10.0. The minimum atomic E-state index is -0.708. The van der Waals surface area contributed by atoms with Crippen LogP contribution in [0.5, 0.6) is 11.5 Å². The van der Waals surface area contributed by atoms with Gasteiger partial charge in [-0.15, -0.1) is 0 Å². The normalized spacial score (nSPS) is 12.0. The average Bonchev–Trinajstić information content (AvgIpc) is 3.14. The van der Waals surface area contributed by atoms with Gasteiger partial charge in [0.25, 0.3) is 0 Å². The second-order valence-electron chi connectivity index (χ2n) is 6.09. The Morgan fingerprint density at radius 2 is 1.70 bits per heavy atom. The van der Waals surface area contributed by atoms with E-state index >= 15 is 0 Å². The molecule has 0 radical (unpaired) electrons. The molecule has 7 heteroatoms. The highest BCUT2D eigenvalue weighted by Gasteiger charge is 2.07. The predicted molar refractivity (Wildman–Crippen MR) is 101 cm³/mol. The molecule has 3 aromatic rings. The van der Waals surface area contributed by atoms with Crippen LogP contribution in [0.2, 0.25) is 0 Å². The molecule has 0 aliphatic rings. The Bertz CT molecular complexity index is 831. The van der Waals surface area contributed by atoms with Gasteiger partial charge in [0.2, 0.25) is 0 Å². The number of methoxy groups -OCH3 is 1. The Hall–Kier alpha value is -2.90. The predicted octanol–water partition coefficient (Wildman–Crippen LogP) is 2.45. The average molecular weight is 369 g/mol. The quantitative estimate of drug-likeness (QED) is 0.624. The van der Waals surface area contributed by atoms with Crippen LogP contribution in [0.25, 0.3) is 11.4 Å². The van der Waals surface area contributed by atoms with E-state index in [0.717, 1.165) is 16.9 Å². The number of nitrogens with zero attached hydrogens (tertiary/aromatic N) is 3. The summed E-state index contributed by atoms with van der Waals surface area (Å²) in [6.07, 6.45) is 0.947. The molecule has 0 aliphatic heterocycles. The zero-order chi connectivity index (χ0) is 19.1. The minimum absolute atomic E-state index is 0.157. The molecule has 1 atom stereocenters. The van der Waals surface area contributed by atoms with E-state index in [1.807, 2.05) is 55.6 Å². The zero-order valence-corrected chi connectivity index (χ0v) is 15.4. The summed E-state index contributed by atoms with van der Waals surface area (Å²) in [7, 11) is 3.46. The maximum absolute atomic E-state index is 10.0. The van der Waals surface area contributed by atoms with Crippen LogP contribution in [0, 0.1) is 0 Å². The molecule has 0 bridgehead atoms. The van der Waals surface area contributed by atoms with Crippen LogP contribution in [0.1, 0.15) is 5.56 Å². The number of rotatable bonds is 9. The monoisotopic (exact) mass is 369 g/mol. The van der Waals surface area contributed by atoms with Gasteiger partial charge in [0, 0.05) is 12.6 Å². The topological polar surface area (TPSA) is 78.6 Å². The first-order valence-corrected chi connectivity index (χ1v) is 8.61. The van der Waals surface area contributed by atoms with Crippen molar-refractivity contribution in [3.05, 3.63) is 60.4 Å². The van der Waals surface area contributed by atoms with Gasteiger partial charge in [0.05, 0.1) is 20.3 Å². The third-order valence-electron chi connectivity index (χ3n) is 3.89. The number of ether oxygens (including phenoxy) is 3. The van der Waals surface area contributed by atoms with Crippen LogP contribution in [0.3, 0.4) is 0 Å². The van der Waals surface area contributed by atoms with Crippen molar-refractivity contribution in [2.24, 2.45) is 7.05 Å². The number of aryl methyl sites for hydroxylation is 1. The zero-order valence-electron chi connectivity index (χ0n) is 15.4. The van der Waals surface area contributed by atoms with Gasteiger partial charge in [0.1, 0.15) is 30.5 Å². The summed E-state index contributed by atoms with van der Waals surface area (Å²) in [6.45, 7) is 0.776. The number of aliphatic hydroxyl groups is 1. The Labute approximate surface area is 158 Å². The summed E-state index contributed by atoms with van der Waals surface area (Å²) in [4.78, 5) is 4.21. The molecular weight excluding hydrogens is 346 g/mol. The molecule has 0 saturated carbocycles. The van der Waals surface area contributed by atoms with Crippen molar-refractivity contribution in [2.75, 3.05) is 20.3 Å². The van der Waals surface area contributed by atoms with Crippen molar-refractivity contribution in [3.8, 4) is 22.9 Å². The van der Waals surface area contributed by atoms with Crippen LogP contribution in [-0.2, 0) is 18.4 Å². The third-order valence-corrected chi connectivity index (χ3v) is 3.89. The van der Waals surface area contributed by atoms with Crippen LogP contribution < -0.4 is 9.47 Å². The van der Waals surface area contributed by atoms with Gasteiger partial charge >= 0.3 is 0 Å². The molecule has 7 nitrogen and oxygen atoms in total. The SMILES string of the molecule is COc1ccc(COCC(O)COc2ccc(-c3ncn(C)n3)cc2)cc1. The second-order valence-corrected chi connectivity index (χ2v) is 6.09. The molecule has 1 heterocycles. The molecule has 27 heavy (non-hydrogen) atoms. The molecule has 0 spiro atoms. The first-order valence-electron chi connectivity index (χ1n) is 8.61. The molecule has 0 fully saturated rings. The second kappa shape index (κ2) is 9.16. The van der Waals surface area contributed by atoms with Crippen LogP contribution in [0.15, 0.2) is 54.9 Å². The van der Waals surface area contributed by atoms with Gasteiger partial charge < -0.3 is 19.3 Å². The van der Waals surface area contributed by atoms with Gasteiger partial charge in [-0.1, -0.05) is 12.1 Å². The standard InChI is InChI=1S/C20H23N3O4/c1-23-14-21-20(22-23)16-5-9-19(10-6-16)27-13-17(24)12-26-11-15-3-7-18(25-2)8-4-15/h3-10,14,17,24H,11-13H2,1-2H3. The van der Waals surface area contributed by atoms with E-state index in [2.05, 4.69) is 10.1 Å². The summed E-state index contributed by atoms with van der Waals surface area (Å²) in [5.41, 5.74) is 1.92. The lowest BCUT2D eigenvalue weighted by atomic mass is 10.2. The number of aliphatic hydroxyl groups excluding tert-OH is 1. The lowest BCUT2D eigenvalue weighted by Crippen LogP contribution is -2.23. The lowest BCUT2D eigenvalue weighted by molar-refractivity contribution is 0.00548. The highest BCUT2D eigenvalue weighted by atomic mass is 16.5. The summed E-state index contributed by atoms with van der Waals surface area (Å²) >= 11 is 0. The molecule has 142 valence electrons. The fraction of sp³-hybridized carbons (Fsp3) is 0.300. The molecule has 3 rings (SSSR count). The fourth-order valence-corrected chi connectivity index (χ4v) is 2.45. The molecule has 0 saturated heterocycles. The summed E-state index contributed by atoms with van der Waals surface area (Å²) < 4.78 is 17.9. The summed E-state index contributed by atoms with van der Waals surface area (Å²) in [5, 5.41) is 14.3. The summed E-state index contributed by atoms with van der Waals surface area (Å²) in [6, 6.07) is 15.0. The lowest BCUT2D eigenvalue weighted by Gasteiger charge is -2.13. The Morgan fingerprint density at radius 1 is 1.00 bits per heavy atom. The Morgan fingerprint density at radius 3 is 2.33 bits per heavy atom. The van der Waals surface area contributed by atoms with Gasteiger partial charge in [-0.05, 0) is 42.0 Å². The number of benzene rings is 2. The molecule has 1 unspecified atom stereocenters. The molecule has 0 amide bonds. The van der Waals surface area contributed by atoms with E-state index in [0.29, 0.717) is 18.2 Å². The first kappa shape index (κ1) is 18.9. The van der Waals surface area contributed by atoms with Crippen molar-refractivity contribution in [2.45, 2.75) is 12.7 Å². The minimum Gasteiger partial charge on any atom is -0.497 e. The molecule has 1 aromatic heterocycles. The van der Waals surface area contributed by atoms with Crippen molar-refractivity contribution in [3.63, 3.8) is 0 Å². The highest BCUT2D eigenvalue weighted by molar-refractivity contribution is 5.55. The van der Waals surface area contributed by atoms with Crippen molar-refractivity contribution >= 4 is 0 Å². The largest absolute Gasteiger partial charge is 0.497 e. The Balaban J connectivity index is 1.40. The van der Waals surface area contributed by atoms with E-state index < -0.39 is 6.10 Å². The molecular formula is C20H23N3O4. The number of hydrogen-bond donors (Lipinski definition) is 1. The van der Waals surface area contributed by atoms with Crippen molar-refractivity contribution in [1.82, 2.24) is 14.8 Å². The molecule has 1 N–H and O–H groups in total. The van der Waals surface area contributed by atoms with E-state index in [9.17, 15) is 5.11 Å². The van der Waals surface area contributed by atoms with Gasteiger partial charge in [-0.25, -0.2) is 4.98 Å². The van der Waals surface area contributed by atoms with Crippen molar-refractivity contribution in [1.29, 1.82) is 0 Å². The number of aromatic nitrogens is 3. The molecule has 0 aliphatic carbocycles. The van der Waals surface area contributed by atoms with Crippen LogP contribution in [-0.4, -0.2) is 46.3 Å². The maximum Gasteiger partial charge on any atom is 0.181 e. The van der Waals surface area contributed by atoms with Gasteiger partial charge in [-0.3, -0.25) is 4.68 Å². The van der Waals surface area contributed by atoms with E-state index in [-0.39, 0.29) is 13.2 Å². The highest BCUT2D eigenvalue weighted by Crippen LogP contribution is 2.19. The fourth-order valence-electron chi connectivity index (χ4n) is 2.45. The van der Waals surface area contributed by atoms with E-state index in [1.165, 1.54) is 0 Å². The molecule has 2 aromatic carbocycles. The van der Waals surface area contributed by atoms with Crippen LogP contribution in [0.4, 0.5) is 0 Å². The van der Waals surface area contributed by atoms with E-state index in [1.54, 1.807) is 18.1 Å². The van der Waals surface area contributed by atoms with Crippen LogP contribution >= 0.6 is 0 Å². The smallest absolute Gasteiger partial charge is 0.181 e. The van der Waals surface area contributed by atoms with E-state index in [4.69, 9.17) is 14.2 Å². The van der Waals surface area contributed by atoms with Gasteiger partial charge in [0.15, 0.2) is 5.82 Å². The Kier molecular flexibility index (Phi) is 6.40.